The zero-order valence-corrected chi connectivity index (χ0v) is 13.6. The Kier molecular flexibility index (Phi) is 4.54. The molecule has 2 bridgehead atoms. The van der Waals surface area contributed by atoms with E-state index in [0.717, 1.165) is 29.9 Å². The fourth-order valence-electron chi connectivity index (χ4n) is 4.63. The van der Waals surface area contributed by atoms with Crippen LogP contribution in [-0.2, 0) is 0 Å². The Bertz CT molecular complexity index is 455. The maximum atomic E-state index is 5.26. The molecule has 0 amide bonds. The number of methoxy groups -OCH3 is 1. The summed E-state index contributed by atoms with van der Waals surface area (Å²) in [6.45, 7) is 4.67. The second kappa shape index (κ2) is 6.39. The zero-order valence-electron chi connectivity index (χ0n) is 13.6. The Morgan fingerprint density at radius 2 is 1.95 bits per heavy atom. The molecule has 0 aromatic heterocycles. The van der Waals surface area contributed by atoms with Gasteiger partial charge in [0.05, 0.1) is 7.11 Å². The summed E-state index contributed by atoms with van der Waals surface area (Å²) in [5.74, 6) is 3.86. The molecule has 1 aromatic rings. The predicted octanol–water partition coefficient (Wildman–Crippen LogP) is 4.56. The van der Waals surface area contributed by atoms with Crippen LogP contribution in [-0.4, -0.2) is 13.2 Å². The Labute approximate surface area is 129 Å². The smallest absolute Gasteiger partial charge is 0.118 e. The van der Waals surface area contributed by atoms with Crippen molar-refractivity contribution >= 4 is 0 Å². The van der Waals surface area contributed by atoms with Crippen LogP contribution in [0, 0.1) is 17.8 Å². The molecule has 1 N–H and O–H groups in total. The highest BCUT2D eigenvalue weighted by Gasteiger charge is 2.41. The van der Waals surface area contributed by atoms with Crippen molar-refractivity contribution in [2.24, 2.45) is 17.8 Å². The van der Waals surface area contributed by atoms with Crippen LogP contribution >= 0.6 is 0 Å². The Balaban J connectivity index is 1.63. The lowest BCUT2D eigenvalue weighted by Gasteiger charge is -2.32. The normalized spacial score (nSPS) is 30.3. The van der Waals surface area contributed by atoms with Gasteiger partial charge in [0.1, 0.15) is 5.75 Å². The maximum absolute atomic E-state index is 5.26. The summed E-state index contributed by atoms with van der Waals surface area (Å²) in [4.78, 5) is 0. The van der Waals surface area contributed by atoms with Gasteiger partial charge in [-0.05, 0) is 68.1 Å². The van der Waals surface area contributed by atoms with Crippen LogP contribution in [0.1, 0.15) is 57.6 Å². The minimum atomic E-state index is 0.463. The number of ether oxygens (including phenoxy) is 1. The van der Waals surface area contributed by atoms with Crippen LogP contribution in [0.3, 0.4) is 0 Å². The highest BCUT2D eigenvalue weighted by atomic mass is 16.5. The van der Waals surface area contributed by atoms with Gasteiger partial charge in [0, 0.05) is 12.1 Å². The third kappa shape index (κ3) is 3.11. The number of nitrogens with one attached hydrogen (secondary N) is 1. The second-order valence-electron chi connectivity index (χ2n) is 7.03. The van der Waals surface area contributed by atoms with E-state index in [-0.39, 0.29) is 0 Å². The Morgan fingerprint density at radius 1 is 1.19 bits per heavy atom. The van der Waals surface area contributed by atoms with E-state index in [1.807, 2.05) is 0 Å². The summed E-state index contributed by atoms with van der Waals surface area (Å²) in [7, 11) is 1.72. The lowest BCUT2D eigenvalue weighted by Crippen LogP contribution is -2.38. The van der Waals surface area contributed by atoms with E-state index in [2.05, 4.69) is 43.4 Å². The number of hydrogen-bond donors (Lipinski definition) is 1. The average Bonchev–Trinajstić information content (AvgIpc) is 3.15. The van der Waals surface area contributed by atoms with E-state index < -0.39 is 0 Å². The van der Waals surface area contributed by atoms with Crippen molar-refractivity contribution < 1.29 is 4.74 Å². The van der Waals surface area contributed by atoms with Gasteiger partial charge in [0.15, 0.2) is 0 Å². The van der Waals surface area contributed by atoms with Crippen LogP contribution in [0.4, 0.5) is 0 Å². The lowest BCUT2D eigenvalue weighted by atomic mass is 9.83. The SMILES string of the molecule is CCC(NC(C)C1CC2CCC1C2)c1ccc(OC)cc1. The number of fused-ring (bicyclic) bond motifs is 2. The van der Waals surface area contributed by atoms with Crippen molar-refractivity contribution in [1.29, 1.82) is 0 Å². The van der Waals surface area contributed by atoms with Gasteiger partial charge in [-0.3, -0.25) is 0 Å². The highest BCUT2D eigenvalue weighted by Crippen LogP contribution is 2.49. The Hall–Kier alpha value is -1.02. The van der Waals surface area contributed by atoms with Crippen molar-refractivity contribution in [3.05, 3.63) is 29.8 Å². The number of benzene rings is 1. The quantitative estimate of drug-likeness (QED) is 0.828. The molecule has 0 spiro atoms. The van der Waals surface area contributed by atoms with Crippen molar-refractivity contribution in [2.45, 2.75) is 58.0 Å². The summed E-state index contributed by atoms with van der Waals surface area (Å²) in [6, 6.07) is 9.64. The third-order valence-corrected chi connectivity index (χ3v) is 5.83. The molecule has 21 heavy (non-hydrogen) atoms. The van der Waals surface area contributed by atoms with E-state index in [1.54, 1.807) is 7.11 Å². The molecule has 3 rings (SSSR count). The van der Waals surface area contributed by atoms with Gasteiger partial charge in [0.25, 0.3) is 0 Å². The number of rotatable bonds is 6. The van der Waals surface area contributed by atoms with E-state index in [9.17, 15) is 0 Å². The van der Waals surface area contributed by atoms with Crippen LogP contribution in [0.15, 0.2) is 24.3 Å². The molecular formula is C19H29NO. The molecule has 0 aliphatic heterocycles. The minimum absolute atomic E-state index is 0.463. The molecule has 0 heterocycles. The standard InChI is InChI=1S/C19H29NO/c1-4-19(15-7-9-17(21-3)10-8-15)20-13(2)18-12-14-5-6-16(18)11-14/h7-10,13-14,16,18-20H,4-6,11-12H2,1-3H3. The molecule has 116 valence electrons. The molecule has 1 aromatic carbocycles. The predicted molar refractivity (Wildman–Crippen MR) is 87.6 cm³/mol. The molecule has 5 atom stereocenters. The fourth-order valence-corrected chi connectivity index (χ4v) is 4.63. The van der Waals surface area contributed by atoms with Crippen LogP contribution < -0.4 is 10.1 Å². The Morgan fingerprint density at radius 3 is 2.48 bits per heavy atom. The van der Waals surface area contributed by atoms with E-state index in [4.69, 9.17) is 4.74 Å². The van der Waals surface area contributed by atoms with Gasteiger partial charge in [-0.15, -0.1) is 0 Å². The molecule has 5 unspecified atom stereocenters. The van der Waals surface area contributed by atoms with Crippen molar-refractivity contribution in [3.63, 3.8) is 0 Å². The van der Waals surface area contributed by atoms with Gasteiger partial charge < -0.3 is 10.1 Å². The van der Waals surface area contributed by atoms with Gasteiger partial charge in [0.2, 0.25) is 0 Å². The second-order valence-corrected chi connectivity index (χ2v) is 7.03. The van der Waals surface area contributed by atoms with E-state index >= 15 is 0 Å². The van der Waals surface area contributed by atoms with Crippen LogP contribution in [0.25, 0.3) is 0 Å². The van der Waals surface area contributed by atoms with Gasteiger partial charge >= 0.3 is 0 Å². The summed E-state index contributed by atoms with van der Waals surface area (Å²) < 4.78 is 5.26. The molecule has 2 nitrogen and oxygen atoms in total. The van der Waals surface area contributed by atoms with Gasteiger partial charge in [-0.2, -0.15) is 0 Å². The van der Waals surface area contributed by atoms with E-state index in [1.165, 1.54) is 31.2 Å². The summed E-state index contributed by atoms with van der Waals surface area (Å²) in [5, 5.41) is 3.91. The van der Waals surface area contributed by atoms with Gasteiger partial charge in [-0.25, -0.2) is 0 Å². The summed E-state index contributed by atoms with van der Waals surface area (Å²) in [5.41, 5.74) is 1.38. The first kappa shape index (κ1) is 14.9. The first-order valence-corrected chi connectivity index (χ1v) is 8.61. The zero-order chi connectivity index (χ0) is 14.8. The van der Waals surface area contributed by atoms with Gasteiger partial charge in [-0.1, -0.05) is 25.5 Å². The lowest BCUT2D eigenvalue weighted by molar-refractivity contribution is 0.243. The first-order valence-electron chi connectivity index (χ1n) is 8.61. The molecule has 2 saturated carbocycles. The molecular weight excluding hydrogens is 258 g/mol. The number of hydrogen-bond acceptors (Lipinski definition) is 2. The molecule has 2 fully saturated rings. The summed E-state index contributed by atoms with van der Waals surface area (Å²) in [6.07, 6.45) is 7.05. The molecule has 0 radical (unpaired) electrons. The van der Waals surface area contributed by atoms with Crippen LogP contribution in [0.2, 0.25) is 0 Å². The van der Waals surface area contributed by atoms with Crippen molar-refractivity contribution in [2.75, 3.05) is 7.11 Å². The first-order chi connectivity index (χ1) is 10.2. The largest absolute Gasteiger partial charge is 0.497 e. The highest BCUT2D eigenvalue weighted by molar-refractivity contribution is 5.29. The third-order valence-electron chi connectivity index (χ3n) is 5.83. The van der Waals surface area contributed by atoms with Crippen molar-refractivity contribution in [3.8, 4) is 5.75 Å². The maximum Gasteiger partial charge on any atom is 0.118 e. The van der Waals surface area contributed by atoms with E-state index in [0.29, 0.717) is 12.1 Å². The molecule has 2 aliphatic carbocycles. The van der Waals surface area contributed by atoms with Crippen molar-refractivity contribution in [1.82, 2.24) is 5.32 Å². The topological polar surface area (TPSA) is 21.3 Å². The molecule has 2 aliphatic rings. The minimum Gasteiger partial charge on any atom is -0.497 e. The van der Waals surface area contributed by atoms with Crippen LogP contribution in [0.5, 0.6) is 5.75 Å². The molecule has 2 heteroatoms. The monoisotopic (exact) mass is 287 g/mol. The average molecular weight is 287 g/mol. The molecule has 0 saturated heterocycles. The fraction of sp³-hybridized carbons (Fsp3) is 0.684. The summed E-state index contributed by atoms with van der Waals surface area (Å²) >= 11 is 0.